The second kappa shape index (κ2) is 3.24. The van der Waals surface area contributed by atoms with Crippen molar-refractivity contribution < 1.29 is 0 Å². The third kappa shape index (κ3) is 1.32. The minimum absolute atomic E-state index is 0.928. The van der Waals surface area contributed by atoms with Crippen molar-refractivity contribution >= 4 is 0 Å². The van der Waals surface area contributed by atoms with Gasteiger partial charge >= 0.3 is 0 Å². The van der Waals surface area contributed by atoms with Crippen LogP contribution in [0.4, 0.5) is 0 Å². The summed E-state index contributed by atoms with van der Waals surface area (Å²) in [4.78, 5) is 0. The van der Waals surface area contributed by atoms with Crippen LogP contribution in [0.25, 0.3) is 0 Å². The summed E-state index contributed by atoms with van der Waals surface area (Å²) in [5, 5.41) is 0. The van der Waals surface area contributed by atoms with Gasteiger partial charge < -0.3 is 0 Å². The van der Waals surface area contributed by atoms with Gasteiger partial charge in [-0.2, -0.15) is 0 Å². The molecule has 2 fully saturated rings. The van der Waals surface area contributed by atoms with Crippen molar-refractivity contribution in [2.45, 2.75) is 45.4 Å². The van der Waals surface area contributed by atoms with Gasteiger partial charge in [0.15, 0.2) is 0 Å². The van der Waals surface area contributed by atoms with E-state index in [2.05, 4.69) is 13.5 Å². The highest BCUT2D eigenvalue weighted by Gasteiger charge is 2.40. The number of unbranched alkanes of at least 4 members (excludes halogenated alkanes) is 1. The van der Waals surface area contributed by atoms with Crippen LogP contribution in [0.3, 0.4) is 0 Å². The SMILES string of the molecule is C=C1CC2CC1CC2CCCC. The molecule has 3 unspecified atom stereocenters. The number of fused-ring (bicyclic) bond motifs is 2. The van der Waals surface area contributed by atoms with E-state index in [1.807, 2.05) is 0 Å². The molecule has 2 saturated carbocycles. The molecule has 0 aromatic rings. The van der Waals surface area contributed by atoms with Crippen LogP contribution in [0.1, 0.15) is 45.4 Å². The first-order valence-corrected chi connectivity index (χ1v) is 5.49. The van der Waals surface area contributed by atoms with E-state index in [1.54, 1.807) is 5.57 Å². The largest absolute Gasteiger partial charge is 0.0996 e. The van der Waals surface area contributed by atoms with E-state index in [0.717, 1.165) is 17.8 Å². The molecule has 2 aliphatic carbocycles. The fourth-order valence-corrected chi connectivity index (χ4v) is 3.12. The molecule has 68 valence electrons. The standard InChI is InChI=1S/C12H20/c1-3-4-5-10-7-11-8-12(10)6-9(11)2/h10-12H,2-8H2,1H3. The fourth-order valence-electron chi connectivity index (χ4n) is 3.12. The molecule has 2 rings (SSSR count). The van der Waals surface area contributed by atoms with Gasteiger partial charge in [-0.05, 0) is 37.0 Å². The predicted octanol–water partition coefficient (Wildman–Crippen LogP) is 3.78. The lowest BCUT2D eigenvalue weighted by atomic mass is 9.83. The van der Waals surface area contributed by atoms with Gasteiger partial charge in [0, 0.05) is 0 Å². The molecule has 0 aromatic heterocycles. The third-order valence-corrected chi connectivity index (χ3v) is 3.87. The fraction of sp³-hybridized carbons (Fsp3) is 0.833. The Morgan fingerprint density at radius 3 is 2.75 bits per heavy atom. The van der Waals surface area contributed by atoms with E-state index < -0.39 is 0 Å². The van der Waals surface area contributed by atoms with E-state index in [1.165, 1.54) is 38.5 Å². The summed E-state index contributed by atoms with van der Waals surface area (Å²) in [6, 6.07) is 0. The normalized spacial score (nSPS) is 39.4. The Bertz CT molecular complexity index is 180. The summed E-state index contributed by atoms with van der Waals surface area (Å²) in [6.45, 7) is 6.45. The van der Waals surface area contributed by atoms with Crippen LogP contribution in [-0.2, 0) is 0 Å². The summed E-state index contributed by atoms with van der Waals surface area (Å²) in [5.74, 6) is 3.03. The maximum absolute atomic E-state index is 4.15. The van der Waals surface area contributed by atoms with Gasteiger partial charge in [-0.15, -0.1) is 0 Å². The van der Waals surface area contributed by atoms with E-state index in [4.69, 9.17) is 0 Å². The van der Waals surface area contributed by atoms with Gasteiger partial charge in [0.2, 0.25) is 0 Å². The molecular weight excluding hydrogens is 144 g/mol. The topological polar surface area (TPSA) is 0 Å². The number of rotatable bonds is 3. The lowest BCUT2D eigenvalue weighted by Gasteiger charge is -2.22. The Morgan fingerprint density at radius 2 is 2.25 bits per heavy atom. The molecule has 2 aliphatic rings. The lowest BCUT2D eigenvalue weighted by molar-refractivity contribution is 0.340. The number of hydrogen-bond acceptors (Lipinski definition) is 0. The molecule has 0 amide bonds. The second-order valence-electron chi connectivity index (χ2n) is 4.69. The lowest BCUT2D eigenvalue weighted by Crippen LogP contribution is -2.11. The van der Waals surface area contributed by atoms with Crippen molar-refractivity contribution in [3.63, 3.8) is 0 Å². The molecule has 0 nitrogen and oxygen atoms in total. The molecule has 0 aromatic carbocycles. The molecule has 0 spiro atoms. The van der Waals surface area contributed by atoms with Gasteiger partial charge in [-0.3, -0.25) is 0 Å². The van der Waals surface area contributed by atoms with E-state index in [-0.39, 0.29) is 0 Å². The van der Waals surface area contributed by atoms with Gasteiger partial charge in [0.25, 0.3) is 0 Å². The molecule has 0 heterocycles. The highest BCUT2D eigenvalue weighted by Crippen LogP contribution is 2.52. The molecule has 0 heteroatoms. The Labute approximate surface area is 76.1 Å². The quantitative estimate of drug-likeness (QED) is 0.557. The third-order valence-electron chi connectivity index (χ3n) is 3.87. The average Bonchev–Trinajstić information content (AvgIpc) is 2.58. The van der Waals surface area contributed by atoms with E-state index in [9.17, 15) is 0 Å². The maximum atomic E-state index is 4.15. The Balaban J connectivity index is 1.86. The molecule has 12 heavy (non-hydrogen) atoms. The summed E-state index contributed by atoms with van der Waals surface area (Å²) in [7, 11) is 0. The Kier molecular flexibility index (Phi) is 2.25. The zero-order valence-corrected chi connectivity index (χ0v) is 8.18. The number of hydrogen-bond donors (Lipinski definition) is 0. The van der Waals surface area contributed by atoms with Gasteiger partial charge in [-0.1, -0.05) is 38.3 Å². The van der Waals surface area contributed by atoms with Crippen LogP contribution in [0.5, 0.6) is 0 Å². The van der Waals surface area contributed by atoms with Crippen molar-refractivity contribution in [2.24, 2.45) is 17.8 Å². The van der Waals surface area contributed by atoms with Crippen molar-refractivity contribution in [3.05, 3.63) is 12.2 Å². The van der Waals surface area contributed by atoms with Crippen LogP contribution in [0.2, 0.25) is 0 Å². The summed E-state index contributed by atoms with van der Waals surface area (Å²) in [5.41, 5.74) is 1.56. The smallest absolute Gasteiger partial charge is 0.0200 e. The van der Waals surface area contributed by atoms with Crippen molar-refractivity contribution in [2.75, 3.05) is 0 Å². The minimum atomic E-state index is 0.928. The monoisotopic (exact) mass is 164 g/mol. The van der Waals surface area contributed by atoms with Gasteiger partial charge in [-0.25, -0.2) is 0 Å². The average molecular weight is 164 g/mol. The van der Waals surface area contributed by atoms with E-state index in [0.29, 0.717) is 0 Å². The molecule has 0 saturated heterocycles. The molecule has 0 aliphatic heterocycles. The highest BCUT2D eigenvalue weighted by atomic mass is 14.5. The summed E-state index contributed by atoms with van der Waals surface area (Å²) >= 11 is 0. The first kappa shape index (κ1) is 8.34. The zero-order valence-electron chi connectivity index (χ0n) is 8.18. The molecule has 0 N–H and O–H groups in total. The Morgan fingerprint density at radius 1 is 1.42 bits per heavy atom. The summed E-state index contributed by atoms with van der Waals surface area (Å²) < 4.78 is 0. The van der Waals surface area contributed by atoms with E-state index >= 15 is 0 Å². The van der Waals surface area contributed by atoms with Crippen LogP contribution < -0.4 is 0 Å². The molecule has 0 radical (unpaired) electrons. The first-order valence-electron chi connectivity index (χ1n) is 5.49. The zero-order chi connectivity index (χ0) is 8.55. The minimum Gasteiger partial charge on any atom is -0.0996 e. The van der Waals surface area contributed by atoms with Crippen molar-refractivity contribution in [1.29, 1.82) is 0 Å². The second-order valence-corrected chi connectivity index (χ2v) is 4.69. The molecule has 2 bridgehead atoms. The van der Waals surface area contributed by atoms with Crippen LogP contribution >= 0.6 is 0 Å². The van der Waals surface area contributed by atoms with Crippen LogP contribution in [0.15, 0.2) is 12.2 Å². The molecular formula is C12H20. The van der Waals surface area contributed by atoms with Gasteiger partial charge in [0.1, 0.15) is 0 Å². The van der Waals surface area contributed by atoms with Crippen molar-refractivity contribution in [3.8, 4) is 0 Å². The first-order chi connectivity index (χ1) is 5.81. The summed E-state index contributed by atoms with van der Waals surface area (Å²) in [6.07, 6.45) is 8.62. The van der Waals surface area contributed by atoms with Crippen molar-refractivity contribution in [1.82, 2.24) is 0 Å². The number of allylic oxidation sites excluding steroid dienone is 1. The molecule has 3 atom stereocenters. The van der Waals surface area contributed by atoms with Crippen LogP contribution in [0, 0.1) is 17.8 Å². The van der Waals surface area contributed by atoms with Gasteiger partial charge in [0.05, 0.1) is 0 Å². The Hall–Kier alpha value is -0.260. The highest BCUT2D eigenvalue weighted by molar-refractivity contribution is 5.14. The van der Waals surface area contributed by atoms with Crippen LogP contribution in [-0.4, -0.2) is 0 Å². The maximum Gasteiger partial charge on any atom is -0.0200 e. The predicted molar refractivity (Wildman–Crippen MR) is 53.0 cm³/mol.